The number of Topliss-reactive ketones (excluding diaryl/α,β-unsaturated/α-hetero) is 1. The Bertz CT molecular complexity index is 449. The van der Waals surface area contributed by atoms with Crippen LogP contribution in [-0.4, -0.2) is 22.7 Å². The summed E-state index contributed by atoms with van der Waals surface area (Å²) in [7, 11) is 0. The van der Waals surface area contributed by atoms with Gasteiger partial charge in [0.2, 0.25) is 0 Å². The van der Waals surface area contributed by atoms with Crippen molar-refractivity contribution in [2.24, 2.45) is 4.99 Å². The number of carbonyl (C=O) groups is 1. The van der Waals surface area contributed by atoms with Gasteiger partial charge in [0.25, 0.3) is 0 Å². The van der Waals surface area contributed by atoms with Gasteiger partial charge in [-0.1, -0.05) is 18.2 Å². The third kappa shape index (κ3) is 1.62. The minimum Gasteiger partial charge on any atom is -0.379 e. The van der Waals surface area contributed by atoms with Crippen molar-refractivity contribution in [3.63, 3.8) is 0 Å². The van der Waals surface area contributed by atoms with Crippen LogP contribution in [0.4, 0.5) is 5.69 Å². The molecule has 0 radical (unpaired) electrons. The van der Waals surface area contributed by atoms with Crippen LogP contribution in [0.1, 0.15) is 16.8 Å². The molecule has 1 aromatic rings. The molecule has 1 aliphatic heterocycles. The summed E-state index contributed by atoms with van der Waals surface area (Å²) in [5.41, 5.74) is 1.58. The van der Waals surface area contributed by atoms with Gasteiger partial charge in [-0.05, 0) is 12.1 Å². The lowest BCUT2D eigenvalue weighted by atomic mass is 9.96. The molecular weight excluding hydrogens is 190 g/mol. The molecule has 1 atom stereocenters. The molecular formula is C12H11NO2. The van der Waals surface area contributed by atoms with E-state index < -0.39 is 6.10 Å². The molecule has 0 amide bonds. The monoisotopic (exact) mass is 201 g/mol. The van der Waals surface area contributed by atoms with Crippen molar-refractivity contribution >= 4 is 17.2 Å². The molecule has 0 spiro atoms. The van der Waals surface area contributed by atoms with E-state index in [0.29, 0.717) is 23.4 Å². The second-order valence-electron chi connectivity index (χ2n) is 3.38. The Morgan fingerprint density at radius 1 is 1.47 bits per heavy atom. The topological polar surface area (TPSA) is 49.7 Å². The Kier molecular flexibility index (Phi) is 2.47. The number of aliphatic imine (C=N–C) groups is 1. The number of fused-ring (bicyclic) bond motifs is 1. The molecule has 1 aromatic carbocycles. The van der Waals surface area contributed by atoms with E-state index in [4.69, 9.17) is 0 Å². The van der Waals surface area contributed by atoms with Crippen LogP contribution in [0.3, 0.4) is 0 Å². The van der Waals surface area contributed by atoms with Gasteiger partial charge in [0.15, 0.2) is 11.9 Å². The van der Waals surface area contributed by atoms with E-state index in [1.165, 1.54) is 0 Å². The minimum atomic E-state index is -1.11. The van der Waals surface area contributed by atoms with Gasteiger partial charge in [0.05, 0.1) is 11.4 Å². The van der Waals surface area contributed by atoms with E-state index in [9.17, 15) is 9.90 Å². The fraction of sp³-hybridized carbons (Fsp3) is 0.167. The number of para-hydroxylation sites is 1. The zero-order valence-electron chi connectivity index (χ0n) is 8.18. The third-order valence-electron chi connectivity index (χ3n) is 2.35. The first-order valence-corrected chi connectivity index (χ1v) is 4.73. The summed E-state index contributed by atoms with van der Waals surface area (Å²) in [5, 5.41) is 9.69. The van der Waals surface area contributed by atoms with Crippen LogP contribution in [0.15, 0.2) is 41.9 Å². The highest BCUT2D eigenvalue weighted by molar-refractivity contribution is 6.20. The van der Waals surface area contributed by atoms with E-state index in [2.05, 4.69) is 11.6 Å². The summed E-state index contributed by atoms with van der Waals surface area (Å²) in [5.74, 6) is -0.280. The normalized spacial score (nSPS) is 19.4. The zero-order chi connectivity index (χ0) is 10.8. The lowest BCUT2D eigenvalue weighted by Gasteiger charge is -2.18. The first-order valence-electron chi connectivity index (χ1n) is 4.73. The van der Waals surface area contributed by atoms with Crippen LogP contribution >= 0.6 is 0 Å². The summed E-state index contributed by atoms with van der Waals surface area (Å²) in [6, 6.07) is 7.02. The summed E-state index contributed by atoms with van der Waals surface area (Å²) in [6.07, 6.45) is 0.947. The Hall–Kier alpha value is -1.74. The molecule has 2 rings (SSSR count). The molecule has 0 fully saturated rings. The molecule has 1 aliphatic rings. The number of carbonyl (C=O) groups excluding carboxylic acids is 1. The summed E-state index contributed by atoms with van der Waals surface area (Å²) in [4.78, 5) is 16.0. The Labute approximate surface area is 87.8 Å². The van der Waals surface area contributed by atoms with E-state index in [1.807, 2.05) is 6.07 Å². The van der Waals surface area contributed by atoms with E-state index in [1.54, 1.807) is 24.3 Å². The average molecular weight is 201 g/mol. The fourth-order valence-electron chi connectivity index (χ4n) is 1.60. The standard InChI is InChI=1S/C12H11NO2/c1-2-5-10-12(15)11(14)8-6-3-4-7-9(8)13-10/h2-4,6-7,12,15H,1,5H2. The van der Waals surface area contributed by atoms with E-state index >= 15 is 0 Å². The maximum Gasteiger partial charge on any atom is 0.199 e. The zero-order valence-corrected chi connectivity index (χ0v) is 8.18. The van der Waals surface area contributed by atoms with Crippen molar-refractivity contribution in [2.75, 3.05) is 0 Å². The van der Waals surface area contributed by atoms with E-state index in [0.717, 1.165) is 0 Å². The highest BCUT2D eigenvalue weighted by atomic mass is 16.3. The number of rotatable bonds is 2. The SMILES string of the molecule is C=CCC1=Nc2ccccc2C(=O)C1O. The van der Waals surface area contributed by atoms with Crippen molar-refractivity contribution < 1.29 is 9.90 Å². The first kappa shape index (κ1) is 9.80. The van der Waals surface area contributed by atoms with Crippen LogP contribution in [0.2, 0.25) is 0 Å². The van der Waals surface area contributed by atoms with Crippen molar-refractivity contribution in [1.29, 1.82) is 0 Å². The number of benzene rings is 1. The van der Waals surface area contributed by atoms with Gasteiger partial charge in [-0.3, -0.25) is 9.79 Å². The molecule has 3 heteroatoms. The van der Waals surface area contributed by atoms with Crippen LogP contribution in [0.5, 0.6) is 0 Å². The van der Waals surface area contributed by atoms with Crippen LogP contribution < -0.4 is 0 Å². The van der Waals surface area contributed by atoms with Gasteiger partial charge in [0, 0.05) is 12.0 Å². The predicted molar refractivity (Wildman–Crippen MR) is 58.7 cm³/mol. The van der Waals surface area contributed by atoms with Crippen molar-refractivity contribution in [3.8, 4) is 0 Å². The smallest absolute Gasteiger partial charge is 0.199 e. The molecule has 1 N–H and O–H groups in total. The second-order valence-corrected chi connectivity index (χ2v) is 3.38. The predicted octanol–water partition coefficient (Wildman–Crippen LogP) is 1.89. The number of nitrogens with zero attached hydrogens (tertiary/aromatic N) is 1. The number of hydrogen-bond acceptors (Lipinski definition) is 3. The molecule has 1 heterocycles. The fourth-order valence-corrected chi connectivity index (χ4v) is 1.60. The second kappa shape index (κ2) is 3.79. The third-order valence-corrected chi connectivity index (χ3v) is 2.35. The van der Waals surface area contributed by atoms with Gasteiger partial charge in [-0.25, -0.2) is 0 Å². The molecule has 0 aliphatic carbocycles. The Morgan fingerprint density at radius 3 is 2.93 bits per heavy atom. The maximum atomic E-state index is 11.7. The number of aliphatic hydroxyl groups is 1. The average Bonchev–Trinajstić information content (AvgIpc) is 2.26. The quantitative estimate of drug-likeness (QED) is 0.743. The lowest BCUT2D eigenvalue weighted by Crippen LogP contribution is -2.32. The van der Waals surface area contributed by atoms with Gasteiger partial charge in [0.1, 0.15) is 0 Å². The Balaban J connectivity index is 2.51. The van der Waals surface area contributed by atoms with Crippen LogP contribution in [-0.2, 0) is 0 Å². The van der Waals surface area contributed by atoms with Crippen LogP contribution in [0, 0.1) is 0 Å². The van der Waals surface area contributed by atoms with Crippen LogP contribution in [0.25, 0.3) is 0 Å². The molecule has 0 bridgehead atoms. The molecule has 76 valence electrons. The first-order chi connectivity index (χ1) is 7.24. The molecule has 3 nitrogen and oxygen atoms in total. The molecule has 15 heavy (non-hydrogen) atoms. The molecule has 0 aromatic heterocycles. The van der Waals surface area contributed by atoms with Gasteiger partial charge >= 0.3 is 0 Å². The minimum absolute atomic E-state index is 0.280. The van der Waals surface area contributed by atoms with Gasteiger partial charge in [-0.2, -0.15) is 0 Å². The highest BCUT2D eigenvalue weighted by Gasteiger charge is 2.28. The summed E-state index contributed by atoms with van der Waals surface area (Å²) < 4.78 is 0. The van der Waals surface area contributed by atoms with Crippen molar-refractivity contribution in [1.82, 2.24) is 0 Å². The molecule has 0 saturated heterocycles. The largest absolute Gasteiger partial charge is 0.379 e. The number of hydrogen-bond donors (Lipinski definition) is 1. The summed E-state index contributed by atoms with van der Waals surface area (Å²) in [6.45, 7) is 3.57. The van der Waals surface area contributed by atoms with Gasteiger partial charge < -0.3 is 5.11 Å². The Morgan fingerprint density at radius 2 is 2.20 bits per heavy atom. The molecule has 0 saturated carbocycles. The number of aliphatic hydroxyl groups excluding tert-OH is 1. The number of ketones is 1. The summed E-state index contributed by atoms with van der Waals surface area (Å²) >= 11 is 0. The maximum absolute atomic E-state index is 11.7. The lowest BCUT2D eigenvalue weighted by molar-refractivity contribution is 0.0839. The van der Waals surface area contributed by atoms with Gasteiger partial charge in [-0.15, -0.1) is 6.58 Å². The van der Waals surface area contributed by atoms with Crippen molar-refractivity contribution in [2.45, 2.75) is 12.5 Å². The number of allylic oxidation sites excluding steroid dienone is 1. The highest BCUT2D eigenvalue weighted by Crippen LogP contribution is 2.26. The van der Waals surface area contributed by atoms with E-state index in [-0.39, 0.29) is 5.78 Å². The van der Waals surface area contributed by atoms with Crippen molar-refractivity contribution in [3.05, 3.63) is 42.5 Å². The molecule has 1 unspecified atom stereocenters.